The monoisotopic (exact) mass is 425 g/mol. The smallest absolute Gasteiger partial charge is 0.225 e. The molecule has 4 rings (SSSR count). The molecule has 2 fully saturated rings. The van der Waals surface area contributed by atoms with Crippen molar-refractivity contribution in [3.8, 4) is 0 Å². The molecule has 0 unspecified atom stereocenters. The number of nitrogens with zero attached hydrogens (tertiary/aromatic N) is 5. The molecule has 0 N–H and O–H groups in total. The van der Waals surface area contributed by atoms with Crippen molar-refractivity contribution < 1.29 is 4.79 Å². The van der Waals surface area contributed by atoms with Gasteiger partial charge in [-0.05, 0) is 38.4 Å². The molecule has 2 aliphatic rings. The summed E-state index contributed by atoms with van der Waals surface area (Å²) in [6, 6.07) is 8.49. The van der Waals surface area contributed by atoms with E-state index >= 15 is 0 Å². The van der Waals surface area contributed by atoms with Gasteiger partial charge < -0.3 is 14.7 Å². The number of hydrogen-bond acceptors (Lipinski definition) is 6. The number of rotatable bonds is 5. The molecular formula is C23H31N5OS. The number of carbonyl (C=O) groups is 1. The molecular weight excluding hydrogens is 394 g/mol. The summed E-state index contributed by atoms with van der Waals surface area (Å²) >= 11 is 1.65. The molecule has 30 heavy (non-hydrogen) atoms. The Bertz CT molecular complexity index is 843. The summed E-state index contributed by atoms with van der Waals surface area (Å²) in [5, 5.41) is 0.932. The van der Waals surface area contributed by atoms with E-state index in [1.54, 1.807) is 24.2 Å². The van der Waals surface area contributed by atoms with Crippen LogP contribution in [-0.2, 0) is 4.79 Å². The fourth-order valence-corrected chi connectivity index (χ4v) is 5.09. The van der Waals surface area contributed by atoms with Crippen molar-refractivity contribution in [2.75, 3.05) is 50.7 Å². The van der Waals surface area contributed by atoms with Crippen LogP contribution in [0.25, 0.3) is 0 Å². The second-order valence-corrected chi connectivity index (χ2v) is 9.18. The lowest BCUT2D eigenvalue weighted by Crippen LogP contribution is -2.51. The van der Waals surface area contributed by atoms with Crippen molar-refractivity contribution >= 4 is 23.5 Å². The second-order valence-electron chi connectivity index (χ2n) is 8.12. The van der Waals surface area contributed by atoms with Crippen molar-refractivity contribution in [3.63, 3.8) is 0 Å². The van der Waals surface area contributed by atoms with Crippen molar-refractivity contribution in [1.29, 1.82) is 0 Å². The number of anilines is 1. The number of aromatic nitrogens is 2. The molecule has 0 bridgehead atoms. The van der Waals surface area contributed by atoms with Crippen LogP contribution in [0.1, 0.15) is 25.3 Å². The van der Waals surface area contributed by atoms with Gasteiger partial charge in [0.1, 0.15) is 5.03 Å². The summed E-state index contributed by atoms with van der Waals surface area (Å²) in [6.07, 6.45) is 5.29. The van der Waals surface area contributed by atoms with E-state index in [2.05, 4.69) is 62.8 Å². The van der Waals surface area contributed by atoms with E-state index in [9.17, 15) is 4.79 Å². The van der Waals surface area contributed by atoms with Gasteiger partial charge in [0.2, 0.25) is 5.91 Å². The van der Waals surface area contributed by atoms with Gasteiger partial charge in [0.25, 0.3) is 0 Å². The van der Waals surface area contributed by atoms with E-state index in [1.165, 1.54) is 10.5 Å². The quantitative estimate of drug-likeness (QED) is 0.733. The lowest BCUT2D eigenvalue weighted by atomic mass is 9.95. The van der Waals surface area contributed by atoms with E-state index in [4.69, 9.17) is 0 Å². The molecule has 0 saturated carbocycles. The number of piperidine rings is 1. The summed E-state index contributed by atoms with van der Waals surface area (Å²) in [7, 11) is 0. The lowest BCUT2D eigenvalue weighted by Gasteiger charge is -2.38. The molecule has 0 atom stereocenters. The number of piperazine rings is 1. The second kappa shape index (κ2) is 9.79. The molecule has 160 valence electrons. The number of amides is 1. The van der Waals surface area contributed by atoms with Crippen LogP contribution < -0.4 is 4.90 Å². The van der Waals surface area contributed by atoms with Crippen molar-refractivity contribution in [2.45, 2.75) is 36.6 Å². The first-order valence-electron chi connectivity index (χ1n) is 11.0. The largest absolute Gasteiger partial charge is 0.354 e. The van der Waals surface area contributed by atoms with Crippen LogP contribution in [0.15, 0.2) is 46.6 Å². The molecule has 0 spiro atoms. The molecule has 2 aliphatic heterocycles. The third-order valence-corrected chi connectivity index (χ3v) is 7.15. The Morgan fingerprint density at radius 1 is 1.00 bits per heavy atom. The predicted molar refractivity (Wildman–Crippen MR) is 121 cm³/mol. The summed E-state index contributed by atoms with van der Waals surface area (Å²) in [6.45, 7) is 10.8. The number of carbonyl (C=O) groups excluding carboxylic acids is 1. The van der Waals surface area contributed by atoms with Gasteiger partial charge in [0.15, 0.2) is 5.82 Å². The highest BCUT2D eigenvalue weighted by atomic mass is 32.2. The van der Waals surface area contributed by atoms with Gasteiger partial charge in [-0.1, -0.05) is 36.4 Å². The summed E-state index contributed by atoms with van der Waals surface area (Å²) < 4.78 is 0. The van der Waals surface area contributed by atoms with E-state index < -0.39 is 0 Å². The molecule has 7 heteroatoms. The van der Waals surface area contributed by atoms with Crippen molar-refractivity contribution in [3.05, 3.63) is 42.2 Å². The molecule has 2 saturated heterocycles. The van der Waals surface area contributed by atoms with Gasteiger partial charge in [-0.2, -0.15) is 0 Å². The average Bonchev–Trinajstić information content (AvgIpc) is 2.81. The minimum absolute atomic E-state index is 0.138. The summed E-state index contributed by atoms with van der Waals surface area (Å²) in [4.78, 5) is 30.2. The average molecular weight is 426 g/mol. The zero-order valence-electron chi connectivity index (χ0n) is 18.0. The van der Waals surface area contributed by atoms with Crippen LogP contribution in [0.3, 0.4) is 0 Å². The Kier molecular flexibility index (Phi) is 6.89. The van der Waals surface area contributed by atoms with Crippen LogP contribution in [-0.4, -0.2) is 71.5 Å². The number of aryl methyl sites for hydroxylation is 1. The first kappa shape index (κ1) is 21.1. The zero-order chi connectivity index (χ0) is 20.9. The van der Waals surface area contributed by atoms with Crippen molar-refractivity contribution in [1.82, 2.24) is 19.8 Å². The summed E-state index contributed by atoms with van der Waals surface area (Å²) in [5.41, 5.74) is 1.25. The highest BCUT2D eigenvalue weighted by molar-refractivity contribution is 7.99. The van der Waals surface area contributed by atoms with E-state index in [0.717, 1.165) is 69.5 Å². The Morgan fingerprint density at radius 2 is 1.67 bits per heavy atom. The molecule has 2 aromatic rings. The Labute approximate surface area is 183 Å². The van der Waals surface area contributed by atoms with Gasteiger partial charge in [0, 0.05) is 62.5 Å². The van der Waals surface area contributed by atoms with Gasteiger partial charge >= 0.3 is 0 Å². The highest BCUT2D eigenvalue weighted by Gasteiger charge is 2.31. The third-order valence-electron chi connectivity index (χ3n) is 6.16. The lowest BCUT2D eigenvalue weighted by molar-refractivity contribution is -0.137. The Hall–Kier alpha value is -2.12. The normalized spacial score (nSPS) is 18.6. The van der Waals surface area contributed by atoms with Gasteiger partial charge in [-0.3, -0.25) is 4.79 Å². The van der Waals surface area contributed by atoms with E-state index in [1.807, 2.05) is 0 Å². The highest BCUT2D eigenvalue weighted by Crippen LogP contribution is 2.34. The van der Waals surface area contributed by atoms with Gasteiger partial charge in [-0.15, -0.1) is 0 Å². The minimum Gasteiger partial charge on any atom is -0.354 e. The summed E-state index contributed by atoms with van der Waals surface area (Å²) in [5.74, 6) is 1.42. The van der Waals surface area contributed by atoms with Crippen LogP contribution in [0.5, 0.6) is 0 Å². The number of hydrogen-bond donors (Lipinski definition) is 0. The molecule has 1 aromatic heterocycles. The van der Waals surface area contributed by atoms with Crippen LogP contribution in [0.2, 0.25) is 0 Å². The maximum atomic E-state index is 13.0. The molecule has 0 aliphatic carbocycles. The maximum Gasteiger partial charge on any atom is 0.225 e. The maximum absolute atomic E-state index is 13.0. The molecule has 1 amide bonds. The van der Waals surface area contributed by atoms with E-state index in [0.29, 0.717) is 5.91 Å². The SMILES string of the molecule is CCN1CCN(C(=O)C2CCN(c3nccnc3Sc3ccc(C)cc3)CC2)CC1. The van der Waals surface area contributed by atoms with Gasteiger partial charge in [-0.25, -0.2) is 9.97 Å². The van der Waals surface area contributed by atoms with Crippen molar-refractivity contribution in [2.24, 2.45) is 5.92 Å². The first-order chi connectivity index (χ1) is 14.6. The zero-order valence-corrected chi connectivity index (χ0v) is 18.8. The van der Waals surface area contributed by atoms with Crippen LogP contribution in [0, 0.1) is 12.8 Å². The number of likely N-dealkylation sites (N-methyl/N-ethyl adjacent to an activating group) is 1. The Morgan fingerprint density at radius 3 is 2.33 bits per heavy atom. The standard InChI is InChI=1S/C23H31N5OS/c1-3-26-14-16-28(17-15-26)23(29)19-8-12-27(13-9-19)21-22(25-11-10-24-21)30-20-6-4-18(2)5-7-20/h4-7,10-11,19H,3,8-9,12-17H2,1-2H3. The molecule has 1 aromatic carbocycles. The number of benzene rings is 1. The van der Waals surface area contributed by atoms with E-state index in [-0.39, 0.29) is 5.92 Å². The molecule has 0 radical (unpaired) electrons. The first-order valence-corrected chi connectivity index (χ1v) is 11.8. The third kappa shape index (κ3) is 4.95. The van der Waals surface area contributed by atoms with Gasteiger partial charge in [0.05, 0.1) is 0 Å². The fourth-order valence-electron chi connectivity index (χ4n) is 4.21. The fraction of sp³-hybridized carbons (Fsp3) is 0.522. The Balaban J connectivity index is 1.36. The topological polar surface area (TPSA) is 52.6 Å². The molecule has 3 heterocycles. The minimum atomic E-state index is 0.138. The van der Waals surface area contributed by atoms with Crippen LogP contribution >= 0.6 is 11.8 Å². The van der Waals surface area contributed by atoms with Crippen LogP contribution in [0.4, 0.5) is 5.82 Å². The predicted octanol–water partition coefficient (Wildman–Crippen LogP) is 3.32. The molecule has 6 nitrogen and oxygen atoms in total.